The zero-order valence-electron chi connectivity index (χ0n) is 27.7. The van der Waals surface area contributed by atoms with Gasteiger partial charge in [-0.3, -0.25) is 19.2 Å². The highest BCUT2D eigenvalue weighted by Gasteiger charge is 2.43. The number of phenolic OH excluding ortho intramolecular Hbond substituents is 1. The number of amides is 2. The Labute approximate surface area is 282 Å². The average molecular weight is 670 g/mol. The number of aliphatic hydroxyl groups is 1. The van der Waals surface area contributed by atoms with Gasteiger partial charge in [0.1, 0.15) is 6.04 Å². The van der Waals surface area contributed by atoms with Crippen LogP contribution in [0, 0.1) is 23.7 Å². The van der Waals surface area contributed by atoms with E-state index in [-0.39, 0.29) is 53.5 Å². The summed E-state index contributed by atoms with van der Waals surface area (Å²) in [6.07, 6.45) is 3.03. The molecular formula is C36H48ClN3O7. The topological polar surface area (TPSA) is 168 Å². The van der Waals surface area contributed by atoms with Crippen molar-refractivity contribution in [2.45, 2.75) is 84.5 Å². The molecule has 1 fully saturated rings. The number of Topliss-reactive ketones (excluding diaryl/α,β-unsaturated/α-hetero) is 1. The van der Waals surface area contributed by atoms with Crippen molar-refractivity contribution in [3.05, 3.63) is 70.8 Å². The number of carbonyl (C=O) groups excluding carboxylic acids is 4. The minimum absolute atomic E-state index is 0.00329. The lowest BCUT2D eigenvalue weighted by atomic mass is 9.93. The molecule has 2 amide bonds. The molecule has 0 saturated heterocycles. The molecule has 0 bridgehead atoms. The highest BCUT2D eigenvalue weighted by molar-refractivity contribution is 6.32. The molecule has 7 atom stereocenters. The molecule has 0 radical (unpaired) electrons. The molecule has 0 aromatic heterocycles. The van der Waals surface area contributed by atoms with Crippen LogP contribution in [0.2, 0.25) is 5.02 Å². The van der Waals surface area contributed by atoms with Gasteiger partial charge in [0.2, 0.25) is 11.8 Å². The molecule has 10 nitrogen and oxygen atoms in total. The number of nitrogens with one attached hydrogen (secondary N) is 2. The van der Waals surface area contributed by atoms with E-state index in [2.05, 4.69) is 22.8 Å². The molecule has 0 unspecified atom stereocenters. The number of nitrogen functional groups attached to an aromatic ring is 1. The van der Waals surface area contributed by atoms with E-state index in [1.165, 1.54) is 30.7 Å². The Balaban J connectivity index is 1.61. The summed E-state index contributed by atoms with van der Waals surface area (Å²) >= 11 is 6.09. The zero-order chi connectivity index (χ0) is 34.8. The summed E-state index contributed by atoms with van der Waals surface area (Å²) in [4.78, 5) is 50.9. The van der Waals surface area contributed by atoms with Crippen molar-refractivity contribution >= 4 is 40.9 Å². The number of ketones is 1. The van der Waals surface area contributed by atoms with Crippen LogP contribution in [-0.2, 0) is 30.3 Å². The van der Waals surface area contributed by atoms with E-state index < -0.39 is 42.0 Å². The maximum Gasteiger partial charge on any atom is 0.311 e. The highest BCUT2D eigenvalue weighted by Crippen LogP contribution is 2.52. The minimum Gasteiger partial charge on any atom is -0.504 e. The number of halogens is 1. The van der Waals surface area contributed by atoms with Crippen molar-refractivity contribution < 1.29 is 34.1 Å². The predicted molar refractivity (Wildman–Crippen MR) is 182 cm³/mol. The summed E-state index contributed by atoms with van der Waals surface area (Å²) in [6.45, 7) is 8.70. The molecule has 256 valence electrons. The van der Waals surface area contributed by atoms with Gasteiger partial charge < -0.3 is 31.3 Å². The largest absolute Gasteiger partial charge is 0.504 e. The molecule has 11 heteroatoms. The molecular weight excluding hydrogens is 622 g/mol. The number of ether oxygens (including phenoxy) is 1. The molecule has 6 N–H and O–H groups in total. The molecule has 47 heavy (non-hydrogen) atoms. The fraction of sp³-hybridized carbons (Fsp3) is 0.500. The SMILES string of the molecule is CC(=O)[C@H](CC(C)C)OC(=O)[C@H](C)CNC(=O)[C@@H](Cc1cc(N)c(O)c(Cl)c1)NC(=O)/C=C/C[C@H](O)[C@H](C)[C@H]1C[C@@H]1c1ccccc1. The Morgan fingerprint density at radius 2 is 1.79 bits per heavy atom. The van der Waals surface area contributed by atoms with Gasteiger partial charge >= 0.3 is 5.97 Å². The first kappa shape index (κ1) is 37.6. The molecule has 2 aromatic carbocycles. The Hall–Kier alpha value is -3.89. The van der Waals surface area contributed by atoms with Crippen molar-refractivity contribution in [3.63, 3.8) is 0 Å². The fourth-order valence-electron chi connectivity index (χ4n) is 5.60. The predicted octanol–water partition coefficient (Wildman–Crippen LogP) is 4.70. The Kier molecular flexibility index (Phi) is 13.8. The molecule has 1 aliphatic rings. The first-order valence-electron chi connectivity index (χ1n) is 16.1. The first-order valence-corrected chi connectivity index (χ1v) is 16.5. The van der Waals surface area contributed by atoms with E-state index in [0.717, 1.165) is 6.42 Å². The number of hydrogen-bond donors (Lipinski definition) is 5. The number of benzene rings is 2. The molecule has 1 saturated carbocycles. The van der Waals surface area contributed by atoms with Crippen molar-refractivity contribution in [1.82, 2.24) is 10.6 Å². The van der Waals surface area contributed by atoms with Crippen LogP contribution in [0.3, 0.4) is 0 Å². The van der Waals surface area contributed by atoms with E-state index >= 15 is 0 Å². The van der Waals surface area contributed by atoms with Crippen molar-refractivity contribution in [2.24, 2.45) is 23.7 Å². The second-order valence-corrected chi connectivity index (χ2v) is 13.5. The van der Waals surface area contributed by atoms with Crippen molar-refractivity contribution in [1.29, 1.82) is 0 Å². The van der Waals surface area contributed by atoms with Gasteiger partial charge in [0, 0.05) is 13.0 Å². The summed E-state index contributed by atoms with van der Waals surface area (Å²) in [5.41, 5.74) is 7.62. The molecule has 1 aliphatic carbocycles. The number of aliphatic hydroxyl groups excluding tert-OH is 1. The second kappa shape index (κ2) is 17.3. The minimum atomic E-state index is -1.09. The number of hydrogen-bond acceptors (Lipinski definition) is 8. The zero-order valence-corrected chi connectivity index (χ0v) is 28.5. The molecule has 0 spiro atoms. The maximum atomic E-state index is 13.3. The van der Waals surface area contributed by atoms with Crippen LogP contribution >= 0.6 is 11.6 Å². The Bertz CT molecular complexity index is 1410. The third-order valence-electron chi connectivity index (χ3n) is 8.60. The first-order chi connectivity index (χ1) is 22.2. The fourth-order valence-corrected chi connectivity index (χ4v) is 5.85. The van der Waals surface area contributed by atoms with Crippen molar-refractivity contribution in [3.8, 4) is 5.75 Å². The molecule has 0 aliphatic heterocycles. The lowest BCUT2D eigenvalue weighted by Crippen LogP contribution is -2.49. The quantitative estimate of drug-likeness (QED) is 0.0699. The second-order valence-electron chi connectivity index (χ2n) is 13.1. The van der Waals surface area contributed by atoms with E-state index in [1.54, 1.807) is 13.0 Å². The summed E-state index contributed by atoms with van der Waals surface area (Å²) in [5, 5.41) is 26.1. The van der Waals surface area contributed by atoms with Crippen LogP contribution in [0.25, 0.3) is 0 Å². The van der Waals surface area contributed by atoms with E-state index in [0.29, 0.717) is 23.8 Å². The van der Waals surface area contributed by atoms with Gasteiger partial charge in [0.15, 0.2) is 17.6 Å². The summed E-state index contributed by atoms with van der Waals surface area (Å²) in [7, 11) is 0. The highest BCUT2D eigenvalue weighted by atomic mass is 35.5. The van der Waals surface area contributed by atoms with Gasteiger partial charge in [-0.15, -0.1) is 0 Å². The van der Waals surface area contributed by atoms with Gasteiger partial charge in [-0.05, 0) is 79.2 Å². The van der Waals surface area contributed by atoms with Crippen LogP contribution < -0.4 is 16.4 Å². The third-order valence-corrected chi connectivity index (χ3v) is 8.89. The van der Waals surface area contributed by atoms with E-state index in [9.17, 15) is 29.4 Å². The van der Waals surface area contributed by atoms with Crippen LogP contribution in [0.1, 0.15) is 70.9 Å². The van der Waals surface area contributed by atoms with Gasteiger partial charge in [-0.2, -0.15) is 0 Å². The number of phenols is 1. The Morgan fingerprint density at radius 1 is 1.11 bits per heavy atom. The molecule has 2 aromatic rings. The average Bonchev–Trinajstić information content (AvgIpc) is 3.82. The summed E-state index contributed by atoms with van der Waals surface area (Å²) in [5.74, 6) is -2.07. The van der Waals surface area contributed by atoms with Crippen LogP contribution in [0.5, 0.6) is 5.75 Å². The third kappa shape index (κ3) is 11.4. The number of rotatable bonds is 17. The van der Waals surface area contributed by atoms with Gasteiger partial charge in [0.25, 0.3) is 0 Å². The molecule has 0 heterocycles. The summed E-state index contributed by atoms with van der Waals surface area (Å²) < 4.78 is 5.41. The van der Waals surface area contributed by atoms with Crippen LogP contribution in [0.15, 0.2) is 54.6 Å². The number of nitrogens with two attached hydrogens (primary N) is 1. The number of esters is 1. The lowest BCUT2D eigenvalue weighted by molar-refractivity contribution is -0.159. The van der Waals surface area contributed by atoms with E-state index in [1.807, 2.05) is 39.0 Å². The smallest absolute Gasteiger partial charge is 0.311 e. The van der Waals surface area contributed by atoms with Crippen LogP contribution in [0.4, 0.5) is 5.69 Å². The normalized spacial score (nSPS) is 19.0. The molecule has 3 rings (SSSR count). The lowest BCUT2D eigenvalue weighted by Gasteiger charge is -2.22. The van der Waals surface area contributed by atoms with Gasteiger partial charge in [-0.25, -0.2) is 0 Å². The standard InChI is InChI=1S/C36H48ClN3O7/c1-20(2)14-32(23(5)41)47-36(46)21(3)19-39-35(45)30(17-24-15-28(37)34(44)29(38)16-24)40-33(43)13-9-12-31(42)22(4)26-18-27(26)25-10-7-6-8-11-25/h6-11,13,15-16,20-22,26-27,30-32,42,44H,12,14,17-19,38H2,1-5H3,(H,39,45)(H,40,43)/b13-9+/t21-,22-,26-,27-,30-,31+,32+/m1/s1. The van der Waals surface area contributed by atoms with Gasteiger partial charge in [0.05, 0.1) is 22.7 Å². The monoisotopic (exact) mass is 669 g/mol. The Morgan fingerprint density at radius 3 is 2.40 bits per heavy atom. The number of aromatic hydroxyl groups is 1. The van der Waals surface area contributed by atoms with Crippen LogP contribution in [-0.4, -0.2) is 58.6 Å². The number of anilines is 1. The summed E-state index contributed by atoms with van der Waals surface area (Å²) in [6, 6.07) is 12.0. The maximum absolute atomic E-state index is 13.3. The van der Waals surface area contributed by atoms with Gasteiger partial charge in [-0.1, -0.05) is 75.7 Å². The van der Waals surface area contributed by atoms with E-state index in [4.69, 9.17) is 22.1 Å². The van der Waals surface area contributed by atoms with Crippen molar-refractivity contribution in [2.75, 3.05) is 12.3 Å². The number of carbonyl (C=O) groups is 4.